The molecule has 1 amide bonds. The molecule has 0 aromatic heterocycles. The largest absolute Gasteiger partial charge is 0.342 e. The van der Waals surface area contributed by atoms with E-state index in [4.69, 9.17) is 0 Å². The maximum Gasteiger partial charge on any atom is 0.236 e. The van der Waals surface area contributed by atoms with Gasteiger partial charge in [0.1, 0.15) is 0 Å². The lowest BCUT2D eigenvalue weighted by Gasteiger charge is -2.26. The molecule has 0 aromatic carbocycles. The van der Waals surface area contributed by atoms with E-state index in [0.29, 0.717) is 5.92 Å². The van der Waals surface area contributed by atoms with Crippen LogP contribution in [-0.2, 0) is 4.79 Å². The molecule has 108 valence electrons. The van der Waals surface area contributed by atoms with Crippen LogP contribution in [0.3, 0.4) is 0 Å². The maximum atomic E-state index is 12.4. The summed E-state index contributed by atoms with van der Waals surface area (Å²) in [6.07, 6.45) is 7.11. The molecule has 0 rings (SSSR count). The second kappa shape index (κ2) is 10.8. The Hall–Kier alpha value is -0.0500. The maximum absolute atomic E-state index is 12.4. The first-order chi connectivity index (χ1) is 8.54. The molecule has 0 saturated heterocycles. The van der Waals surface area contributed by atoms with Crippen molar-refractivity contribution in [2.75, 3.05) is 13.1 Å². The van der Waals surface area contributed by atoms with Gasteiger partial charge < -0.3 is 4.90 Å². The highest BCUT2D eigenvalue weighted by Gasteiger charge is 2.23. The highest BCUT2D eigenvalue weighted by atomic mass is 79.9. The number of unbranched alkanes of at least 4 members (excludes halogenated alkanes) is 4. The zero-order valence-electron chi connectivity index (χ0n) is 12.5. The molecule has 0 spiro atoms. The Morgan fingerprint density at radius 1 is 1.00 bits per heavy atom. The van der Waals surface area contributed by atoms with Crippen LogP contribution in [0.15, 0.2) is 0 Å². The van der Waals surface area contributed by atoms with Crippen molar-refractivity contribution in [3.63, 3.8) is 0 Å². The molecule has 0 aromatic rings. The Kier molecular flexibility index (Phi) is 10.8. The minimum absolute atomic E-state index is 0.0271. The average molecular weight is 320 g/mol. The Morgan fingerprint density at radius 3 is 1.78 bits per heavy atom. The molecule has 0 radical (unpaired) electrons. The number of amides is 1. The number of hydrogen-bond acceptors (Lipinski definition) is 1. The number of carbonyl (C=O) groups excluding carboxylic acids is 1. The summed E-state index contributed by atoms with van der Waals surface area (Å²) in [4.78, 5) is 14.4. The van der Waals surface area contributed by atoms with Crippen molar-refractivity contribution in [2.45, 2.75) is 71.0 Å². The van der Waals surface area contributed by atoms with Crippen molar-refractivity contribution in [1.82, 2.24) is 4.90 Å². The minimum atomic E-state index is -0.0271. The van der Waals surface area contributed by atoms with Crippen LogP contribution in [-0.4, -0.2) is 28.7 Å². The normalized spacial score (nSPS) is 12.8. The van der Waals surface area contributed by atoms with Crippen LogP contribution in [0.25, 0.3) is 0 Å². The van der Waals surface area contributed by atoms with Gasteiger partial charge in [0.25, 0.3) is 0 Å². The van der Waals surface area contributed by atoms with E-state index in [0.717, 1.165) is 25.9 Å². The lowest BCUT2D eigenvalue weighted by Crippen LogP contribution is -2.40. The molecule has 0 saturated carbocycles. The molecule has 0 aliphatic heterocycles. The molecular formula is C15H30BrNO. The van der Waals surface area contributed by atoms with Crippen molar-refractivity contribution >= 4 is 21.8 Å². The van der Waals surface area contributed by atoms with Gasteiger partial charge in [-0.15, -0.1) is 0 Å². The van der Waals surface area contributed by atoms with Crippen LogP contribution in [0, 0.1) is 5.92 Å². The fraction of sp³-hybridized carbons (Fsp3) is 0.933. The molecule has 2 nitrogen and oxygen atoms in total. The Morgan fingerprint density at radius 2 is 1.44 bits per heavy atom. The number of halogens is 1. The van der Waals surface area contributed by atoms with E-state index < -0.39 is 0 Å². The third-order valence-corrected chi connectivity index (χ3v) is 4.65. The van der Waals surface area contributed by atoms with Crippen molar-refractivity contribution in [1.29, 1.82) is 0 Å². The predicted molar refractivity (Wildman–Crippen MR) is 83.2 cm³/mol. The zero-order chi connectivity index (χ0) is 14.0. The van der Waals surface area contributed by atoms with Crippen molar-refractivity contribution in [3.8, 4) is 0 Å². The topological polar surface area (TPSA) is 20.3 Å². The van der Waals surface area contributed by atoms with Crippen LogP contribution < -0.4 is 0 Å². The van der Waals surface area contributed by atoms with Gasteiger partial charge in [-0.3, -0.25) is 4.79 Å². The molecule has 0 N–H and O–H groups in total. The number of rotatable bonds is 10. The number of alkyl halides is 1. The predicted octanol–water partition coefficient (Wildman–Crippen LogP) is 4.61. The van der Waals surface area contributed by atoms with E-state index in [9.17, 15) is 4.79 Å². The van der Waals surface area contributed by atoms with E-state index in [1.165, 1.54) is 25.7 Å². The van der Waals surface area contributed by atoms with Gasteiger partial charge in [-0.05, 0) is 18.8 Å². The number of carbonyl (C=O) groups is 1. The highest BCUT2D eigenvalue weighted by Crippen LogP contribution is 2.16. The lowest BCUT2D eigenvalue weighted by atomic mass is 10.1. The van der Waals surface area contributed by atoms with E-state index in [-0.39, 0.29) is 10.7 Å². The van der Waals surface area contributed by atoms with E-state index in [2.05, 4.69) is 48.5 Å². The second-order valence-electron chi connectivity index (χ2n) is 5.39. The Balaban J connectivity index is 4.28. The van der Waals surface area contributed by atoms with Crippen LogP contribution in [0.1, 0.15) is 66.2 Å². The SMILES string of the molecule is CCCCCN(CCCCC)C(=O)C(Br)C(C)C. The monoisotopic (exact) mass is 319 g/mol. The first kappa shape index (κ1) is 17.9. The third-order valence-electron chi connectivity index (χ3n) is 3.20. The summed E-state index contributed by atoms with van der Waals surface area (Å²) in [5.41, 5.74) is 0. The van der Waals surface area contributed by atoms with E-state index >= 15 is 0 Å². The van der Waals surface area contributed by atoms with Crippen LogP contribution in [0.4, 0.5) is 0 Å². The molecule has 0 aliphatic carbocycles. The molecule has 1 atom stereocenters. The van der Waals surface area contributed by atoms with E-state index in [1.54, 1.807) is 0 Å². The van der Waals surface area contributed by atoms with Gasteiger partial charge in [0.15, 0.2) is 0 Å². The van der Waals surface area contributed by atoms with Gasteiger partial charge in [0.2, 0.25) is 5.91 Å². The fourth-order valence-electron chi connectivity index (χ4n) is 1.90. The average Bonchev–Trinajstić information content (AvgIpc) is 2.35. The third kappa shape index (κ3) is 7.40. The van der Waals surface area contributed by atoms with Crippen molar-refractivity contribution < 1.29 is 4.79 Å². The van der Waals surface area contributed by atoms with Gasteiger partial charge >= 0.3 is 0 Å². The molecule has 0 bridgehead atoms. The summed E-state index contributed by atoms with van der Waals surface area (Å²) in [5.74, 6) is 0.634. The minimum Gasteiger partial charge on any atom is -0.342 e. The summed E-state index contributed by atoms with van der Waals surface area (Å²) >= 11 is 3.53. The zero-order valence-corrected chi connectivity index (χ0v) is 14.1. The smallest absolute Gasteiger partial charge is 0.236 e. The first-order valence-corrected chi connectivity index (χ1v) is 8.39. The molecule has 18 heavy (non-hydrogen) atoms. The Labute approximate surface area is 122 Å². The quantitative estimate of drug-likeness (QED) is 0.425. The van der Waals surface area contributed by atoms with Gasteiger partial charge in [0.05, 0.1) is 4.83 Å². The van der Waals surface area contributed by atoms with Gasteiger partial charge in [-0.25, -0.2) is 0 Å². The summed E-state index contributed by atoms with van der Waals surface area (Å²) in [6, 6.07) is 0. The number of hydrogen-bond donors (Lipinski definition) is 0. The van der Waals surface area contributed by atoms with Gasteiger partial charge in [0, 0.05) is 13.1 Å². The molecule has 0 fully saturated rings. The summed E-state index contributed by atoms with van der Waals surface area (Å²) < 4.78 is 0. The molecular weight excluding hydrogens is 290 g/mol. The lowest BCUT2D eigenvalue weighted by molar-refractivity contribution is -0.131. The molecule has 0 aliphatic rings. The molecule has 1 unspecified atom stereocenters. The van der Waals surface area contributed by atoms with Gasteiger partial charge in [-0.1, -0.05) is 69.3 Å². The summed E-state index contributed by atoms with van der Waals surface area (Å²) in [7, 11) is 0. The van der Waals surface area contributed by atoms with Gasteiger partial charge in [-0.2, -0.15) is 0 Å². The Bertz CT molecular complexity index is 209. The van der Waals surface area contributed by atoms with Crippen LogP contribution in [0.5, 0.6) is 0 Å². The summed E-state index contributed by atoms with van der Waals surface area (Å²) in [5, 5.41) is 0. The first-order valence-electron chi connectivity index (χ1n) is 7.47. The standard InChI is InChI=1S/C15H30BrNO/c1-5-7-9-11-17(12-10-8-6-2)15(18)14(16)13(3)4/h13-14H,5-12H2,1-4H3. The summed E-state index contributed by atoms with van der Waals surface area (Å²) in [6.45, 7) is 10.4. The highest BCUT2D eigenvalue weighted by molar-refractivity contribution is 9.10. The molecule has 0 heterocycles. The van der Waals surface area contributed by atoms with E-state index in [1.807, 2.05) is 0 Å². The van der Waals surface area contributed by atoms with Crippen molar-refractivity contribution in [3.05, 3.63) is 0 Å². The second-order valence-corrected chi connectivity index (χ2v) is 6.37. The van der Waals surface area contributed by atoms with Crippen LogP contribution >= 0.6 is 15.9 Å². The fourth-order valence-corrected chi connectivity index (χ4v) is 2.19. The number of nitrogens with zero attached hydrogens (tertiary/aromatic N) is 1. The molecule has 3 heteroatoms. The van der Waals surface area contributed by atoms with Crippen molar-refractivity contribution in [2.24, 2.45) is 5.92 Å². The van der Waals surface area contributed by atoms with Crippen LogP contribution in [0.2, 0.25) is 0 Å².